The standard InChI is InChI=1S/C20H17BrN6O/c21-14-1-2-17-16(5-14)13(8-24-17)9-27-4-3-15-18(10-27)25-19(26-20(15)28)12-6-22-11-23-7-12/h1-2,5-8,11,24H,3-4,9-10H2,(H,25,26,28). The number of hydrogen-bond donors (Lipinski definition) is 2. The molecule has 0 atom stereocenters. The van der Waals surface area contributed by atoms with Gasteiger partial charge in [-0.05, 0) is 30.2 Å². The molecule has 1 aliphatic rings. The molecule has 5 rings (SSSR count). The van der Waals surface area contributed by atoms with E-state index >= 15 is 0 Å². The van der Waals surface area contributed by atoms with Crippen LogP contribution in [0.3, 0.4) is 0 Å². The molecule has 0 unspecified atom stereocenters. The maximum Gasteiger partial charge on any atom is 0.254 e. The molecule has 0 spiro atoms. The highest BCUT2D eigenvalue weighted by Crippen LogP contribution is 2.25. The number of nitrogens with one attached hydrogen (secondary N) is 2. The van der Waals surface area contributed by atoms with Gasteiger partial charge in [0.2, 0.25) is 0 Å². The lowest BCUT2D eigenvalue weighted by Crippen LogP contribution is -2.35. The maximum absolute atomic E-state index is 12.5. The first-order valence-electron chi connectivity index (χ1n) is 9.03. The molecular formula is C20H17BrN6O. The number of benzene rings is 1. The average Bonchev–Trinajstić information content (AvgIpc) is 3.10. The monoisotopic (exact) mass is 436 g/mol. The van der Waals surface area contributed by atoms with E-state index in [-0.39, 0.29) is 5.56 Å². The van der Waals surface area contributed by atoms with Crippen molar-refractivity contribution in [3.05, 3.63) is 74.8 Å². The number of rotatable bonds is 3. The molecule has 0 saturated carbocycles. The number of fused-ring (bicyclic) bond motifs is 2. The van der Waals surface area contributed by atoms with Gasteiger partial charge >= 0.3 is 0 Å². The Morgan fingerprint density at radius 3 is 2.93 bits per heavy atom. The van der Waals surface area contributed by atoms with E-state index in [4.69, 9.17) is 4.98 Å². The first-order chi connectivity index (χ1) is 13.7. The van der Waals surface area contributed by atoms with Crippen LogP contribution in [0, 0.1) is 0 Å². The minimum absolute atomic E-state index is 0.0699. The molecule has 7 nitrogen and oxygen atoms in total. The third-order valence-corrected chi connectivity index (χ3v) is 5.60. The van der Waals surface area contributed by atoms with Gasteiger partial charge in [0.25, 0.3) is 5.56 Å². The number of aromatic nitrogens is 5. The molecule has 0 saturated heterocycles. The van der Waals surface area contributed by atoms with Crippen molar-refractivity contribution in [1.29, 1.82) is 0 Å². The highest BCUT2D eigenvalue weighted by Gasteiger charge is 2.22. The fourth-order valence-corrected chi connectivity index (χ4v) is 4.07. The summed E-state index contributed by atoms with van der Waals surface area (Å²) in [5.74, 6) is 0.516. The molecule has 0 radical (unpaired) electrons. The van der Waals surface area contributed by atoms with Gasteiger partial charge < -0.3 is 9.97 Å². The zero-order valence-electron chi connectivity index (χ0n) is 14.9. The van der Waals surface area contributed by atoms with Gasteiger partial charge in [0.15, 0.2) is 0 Å². The van der Waals surface area contributed by atoms with Gasteiger partial charge in [-0.25, -0.2) is 15.0 Å². The lowest BCUT2D eigenvalue weighted by atomic mass is 10.0. The van der Waals surface area contributed by atoms with Gasteiger partial charge in [0, 0.05) is 59.2 Å². The highest BCUT2D eigenvalue weighted by molar-refractivity contribution is 9.10. The Kier molecular flexibility index (Phi) is 4.29. The lowest BCUT2D eigenvalue weighted by Gasteiger charge is -2.27. The summed E-state index contributed by atoms with van der Waals surface area (Å²) in [6, 6.07) is 6.24. The molecule has 1 aromatic carbocycles. The first kappa shape index (κ1) is 17.3. The summed E-state index contributed by atoms with van der Waals surface area (Å²) in [4.78, 5) is 33.8. The van der Waals surface area contributed by atoms with E-state index in [0.717, 1.165) is 34.3 Å². The smallest absolute Gasteiger partial charge is 0.254 e. The summed E-state index contributed by atoms with van der Waals surface area (Å²) in [7, 11) is 0. The number of hydrogen-bond acceptors (Lipinski definition) is 5. The largest absolute Gasteiger partial charge is 0.361 e. The molecule has 0 amide bonds. The molecule has 0 fully saturated rings. The molecule has 0 aliphatic carbocycles. The Morgan fingerprint density at radius 2 is 2.07 bits per heavy atom. The Labute approximate surface area is 169 Å². The third kappa shape index (κ3) is 3.14. The number of H-pyrrole nitrogens is 2. The summed E-state index contributed by atoms with van der Waals surface area (Å²) < 4.78 is 1.06. The van der Waals surface area contributed by atoms with Gasteiger partial charge in [-0.15, -0.1) is 0 Å². The second-order valence-corrected chi connectivity index (χ2v) is 7.85. The van der Waals surface area contributed by atoms with E-state index in [2.05, 4.69) is 59.1 Å². The Bertz CT molecular complexity index is 1220. The van der Waals surface area contributed by atoms with Crippen LogP contribution in [0.5, 0.6) is 0 Å². The van der Waals surface area contributed by atoms with Crippen molar-refractivity contribution >= 4 is 26.8 Å². The van der Waals surface area contributed by atoms with Crippen molar-refractivity contribution in [3.8, 4) is 11.4 Å². The Hall–Kier alpha value is -2.84. The number of aromatic amines is 2. The van der Waals surface area contributed by atoms with Crippen LogP contribution in [-0.2, 0) is 19.5 Å². The molecule has 0 bridgehead atoms. The summed E-state index contributed by atoms with van der Waals surface area (Å²) >= 11 is 3.55. The topological polar surface area (TPSA) is 90.6 Å². The van der Waals surface area contributed by atoms with Crippen molar-refractivity contribution in [2.45, 2.75) is 19.5 Å². The van der Waals surface area contributed by atoms with Crippen LogP contribution in [0.4, 0.5) is 0 Å². The molecule has 1 aliphatic heterocycles. The van der Waals surface area contributed by atoms with Crippen LogP contribution in [0.15, 0.2) is 52.4 Å². The normalized spacial score (nSPS) is 14.3. The van der Waals surface area contributed by atoms with E-state index in [9.17, 15) is 4.79 Å². The molecule has 2 N–H and O–H groups in total. The van der Waals surface area contributed by atoms with Crippen LogP contribution >= 0.6 is 15.9 Å². The molecule has 28 heavy (non-hydrogen) atoms. The molecule has 4 heterocycles. The maximum atomic E-state index is 12.5. The quantitative estimate of drug-likeness (QED) is 0.514. The fraction of sp³-hybridized carbons (Fsp3) is 0.200. The minimum Gasteiger partial charge on any atom is -0.361 e. The first-order valence-corrected chi connectivity index (χ1v) is 9.82. The van der Waals surface area contributed by atoms with Gasteiger partial charge in [-0.1, -0.05) is 15.9 Å². The van der Waals surface area contributed by atoms with Crippen molar-refractivity contribution in [3.63, 3.8) is 0 Å². The predicted octanol–water partition coefficient (Wildman–Crippen LogP) is 3.03. The number of halogens is 1. The minimum atomic E-state index is -0.0699. The van der Waals surface area contributed by atoms with Crippen molar-refractivity contribution in [1.82, 2.24) is 29.8 Å². The molecule has 3 aromatic heterocycles. The second kappa shape index (κ2) is 6.96. The van der Waals surface area contributed by atoms with Gasteiger partial charge in [-0.2, -0.15) is 0 Å². The van der Waals surface area contributed by atoms with Crippen LogP contribution < -0.4 is 5.56 Å². The molecule has 4 aromatic rings. The van der Waals surface area contributed by atoms with Crippen molar-refractivity contribution < 1.29 is 0 Å². The fourth-order valence-electron chi connectivity index (χ4n) is 3.71. The summed E-state index contributed by atoms with van der Waals surface area (Å²) in [5.41, 5.74) is 4.60. The summed E-state index contributed by atoms with van der Waals surface area (Å²) in [6.07, 6.45) is 7.52. The van der Waals surface area contributed by atoms with E-state index < -0.39 is 0 Å². The predicted molar refractivity (Wildman–Crippen MR) is 110 cm³/mol. The molecule has 140 valence electrons. The summed E-state index contributed by atoms with van der Waals surface area (Å²) in [5, 5.41) is 1.21. The number of nitrogens with zero attached hydrogens (tertiary/aromatic N) is 4. The molecular weight excluding hydrogens is 420 g/mol. The molecule has 8 heteroatoms. The summed E-state index contributed by atoms with van der Waals surface area (Å²) in [6.45, 7) is 2.26. The van der Waals surface area contributed by atoms with Crippen molar-refractivity contribution in [2.75, 3.05) is 6.54 Å². The van der Waals surface area contributed by atoms with E-state index in [1.165, 1.54) is 17.3 Å². The second-order valence-electron chi connectivity index (χ2n) is 6.93. The van der Waals surface area contributed by atoms with Crippen LogP contribution in [0.2, 0.25) is 0 Å². The van der Waals surface area contributed by atoms with Crippen LogP contribution in [0.1, 0.15) is 16.8 Å². The Balaban J connectivity index is 1.45. The van der Waals surface area contributed by atoms with Gasteiger partial charge in [0.1, 0.15) is 12.2 Å². The van der Waals surface area contributed by atoms with Gasteiger partial charge in [-0.3, -0.25) is 9.69 Å². The van der Waals surface area contributed by atoms with E-state index in [0.29, 0.717) is 24.4 Å². The zero-order valence-corrected chi connectivity index (χ0v) is 16.5. The zero-order chi connectivity index (χ0) is 19.1. The third-order valence-electron chi connectivity index (χ3n) is 5.11. The van der Waals surface area contributed by atoms with E-state index in [1.54, 1.807) is 12.4 Å². The van der Waals surface area contributed by atoms with Gasteiger partial charge in [0.05, 0.1) is 11.3 Å². The van der Waals surface area contributed by atoms with Crippen molar-refractivity contribution in [2.24, 2.45) is 0 Å². The SMILES string of the molecule is O=c1[nH]c(-c2cncnc2)nc2c1CCN(Cc1c[nH]c3ccc(Br)cc13)C2. The average molecular weight is 437 g/mol. The van der Waals surface area contributed by atoms with E-state index in [1.807, 2.05) is 6.07 Å². The lowest BCUT2D eigenvalue weighted by molar-refractivity contribution is 0.241. The Morgan fingerprint density at radius 1 is 1.21 bits per heavy atom. The van der Waals surface area contributed by atoms with Crippen LogP contribution in [-0.4, -0.2) is 36.4 Å². The van der Waals surface area contributed by atoms with Crippen LogP contribution in [0.25, 0.3) is 22.3 Å². The highest BCUT2D eigenvalue weighted by atomic mass is 79.9.